The lowest BCUT2D eigenvalue weighted by atomic mass is 9.97. The highest BCUT2D eigenvalue weighted by Crippen LogP contribution is 2.34. The summed E-state index contributed by atoms with van der Waals surface area (Å²) < 4.78 is 43.1. The summed E-state index contributed by atoms with van der Waals surface area (Å²) in [6, 6.07) is 6.13. The lowest BCUT2D eigenvalue weighted by molar-refractivity contribution is 0.233. The summed E-state index contributed by atoms with van der Waals surface area (Å²) in [5.74, 6) is -0.305. The molecule has 0 amide bonds. The Morgan fingerprint density at radius 1 is 0.957 bits per heavy atom. The van der Waals surface area contributed by atoms with Gasteiger partial charge in [0.05, 0.1) is 6.04 Å². The average molecular weight is 340 g/mol. The van der Waals surface area contributed by atoms with Gasteiger partial charge in [0.1, 0.15) is 5.82 Å². The van der Waals surface area contributed by atoms with E-state index in [1.54, 1.807) is 14.7 Å². The van der Waals surface area contributed by atoms with E-state index in [0.717, 1.165) is 50.5 Å². The molecule has 23 heavy (non-hydrogen) atoms. The van der Waals surface area contributed by atoms with Crippen LogP contribution in [0.15, 0.2) is 24.3 Å². The van der Waals surface area contributed by atoms with Crippen LogP contribution in [0.2, 0.25) is 0 Å². The van der Waals surface area contributed by atoms with Crippen LogP contribution in [0.1, 0.15) is 56.6 Å². The summed E-state index contributed by atoms with van der Waals surface area (Å²) in [5.41, 5.74) is 0.767. The van der Waals surface area contributed by atoms with Crippen molar-refractivity contribution in [3.05, 3.63) is 35.6 Å². The molecule has 3 rings (SSSR count). The van der Waals surface area contributed by atoms with Crippen LogP contribution in [-0.4, -0.2) is 36.7 Å². The molecule has 2 aliphatic rings. The van der Waals surface area contributed by atoms with E-state index in [1.165, 1.54) is 12.1 Å². The van der Waals surface area contributed by atoms with Gasteiger partial charge in [0.25, 0.3) is 10.2 Å². The van der Waals surface area contributed by atoms with Gasteiger partial charge in [0.15, 0.2) is 0 Å². The van der Waals surface area contributed by atoms with Gasteiger partial charge in [0, 0.05) is 19.6 Å². The van der Waals surface area contributed by atoms with E-state index in [4.69, 9.17) is 0 Å². The molecule has 1 unspecified atom stereocenters. The molecule has 0 aromatic heterocycles. The molecule has 1 aromatic carbocycles. The van der Waals surface area contributed by atoms with Crippen LogP contribution in [0.5, 0.6) is 0 Å². The van der Waals surface area contributed by atoms with Crippen LogP contribution in [0.4, 0.5) is 4.39 Å². The minimum atomic E-state index is -3.47. The summed E-state index contributed by atoms with van der Waals surface area (Å²) in [6.45, 7) is 1.74. The number of rotatable bonds is 3. The van der Waals surface area contributed by atoms with Crippen molar-refractivity contribution in [1.29, 1.82) is 0 Å². The lowest BCUT2D eigenvalue weighted by Crippen LogP contribution is -2.47. The predicted octanol–water partition coefficient (Wildman–Crippen LogP) is 3.47. The van der Waals surface area contributed by atoms with E-state index in [-0.39, 0.29) is 11.9 Å². The number of hydrogen-bond donors (Lipinski definition) is 0. The molecule has 2 fully saturated rings. The predicted molar refractivity (Wildman–Crippen MR) is 88.7 cm³/mol. The molecule has 1 aromatic rings. The molecule has 0 N–H and O–H groups in total. The third-order valence-electron chi connectivity index (χ3n) is 4.87. The maximum Gasteiger partial charge on any atom is 0.282 e. The van der Waals surface area contributed by atoms with Crippen molar-refractivity contribution in [3.63, 3.8) is 0 Å². The van der Waals surface area contributed by atoms with Gasteiger partial charge in [-0.1, -0.05) is 31.4 Å². The average Bonchev–Trinajstić information content (AvgIpc) is 2.85. The van der Waals surface area contributed by atoms with E-state index in [2.05, 4.69) is 0 Å². The Balaban J connectivity index is 1.88. The maximum atomic E-state index is 13.6. The van der Waals surface area contributed by atoms with Crippen LogP contribution in [0, 0.1) is 5.82 Å². The summed E-state index contributed by atoms with van der Waals surface area (Å²) in [5, 5.41) is 0. The molecule has 2 saturated heterocycles. The van der Waals surface area contributed by atoms with Gasteiger partial charge in [-0.25, -0.2) is 4.39 Å². The Kier molecular flexibility index (Phi) is 5.34. The number of nitrogens with zero attached hydrogens (tertiary/aromatic N) is 2. The fourth-order valence-electron chi connectivity index (χ4n) is 3.65. The number of benzene rings is 1. The van der Waals surface area contributed by atoms with Gasteiger partial charge >= 0.3 is 0 Å². The molecular formula is C17H25FN2O2S. The van der Waals surface area contributed by atoms with Crippen LogP contribution in [-0.2, 0) is 10.2 Å². The monoisotopic (exact) mass is 340 g/mol. The van der Waals surface area contributed by atoms with Gasteiger partial charge in [-0.2, -0.15) is 17.0 Å². The lowest BCUT2D eigenvalue weighted by Gasteiger charge is -2.38. The van der Waals surface area contributed by atoms with Gasteiger partial charge in [-0.3, -0.25) is 0 Å². The molecule has 128 valence electrons. The highest BCUT2D eigenvalue weighted by molar-refractivity contribution is 7.86. The summed E-state index contributed by atoms with van der Waals surface area (Å²) in [4.78, 5) is 0. The van der Waals surface area contributed by atoms with Crippen molar-refractivity contribution in [3.8, 4) is 0 Å². The molecule has 0 bridgehead atoms. The zero-order chi connectivity index (χ0) is 16.3. The van der Waals surface area contributed by atoms with Crippen molar-refractivity contribution in [2.45, 2.75) is 51.0 Å². The first-order valence-corrected chi connectivity index (χ1v) is 10.0. The van der Waals surface area contributed by atoms with Crippen LogP contribution < -0.4 is 0 Å². The van der Waals surface area contributed by atoms with Crippen molar-refractivity contribution < 1.29 is 12.8 Å². The Morgan fingerprint density at radius 3 is 2.35 bits per heavy atom. The second-order valence-corrected chi connectivity index (χ2v) is 8.38. The van der Waals surface area contributed by atoms with E-state index < -0.39 is 10.2 Å². The fourth-order valence-corrected chi connectivity index (χ4v) is 5.57. The number of piperidine rings is 1. The van der Waals surface area contributed by atoms with E-state index in [0.29, 0.717) is 19.6 Å². The van der Waals surface area contributed by atoms with Gasteiger partial charge in [0.2, 0.25) is 0 Å². The first kappa shape index (κ1) is 16.9. The Bertz CT molecular complexity index is 627. The highest BCUT2D eigenvalue weighted by atomic mass is 32.2. The quantitative estimate of drug-likeness (QED) is 0.845. The van der Waals surface area contributed by atoms with Crippen molar-refractivity contribution in [1.82, 2.24) is 8.61 Å². The summed E-state index contributed by atoms with van der Waals surface area (Å²) >= 11 is 0. The van der Waals surface area contributed by atoms with E-state index >= 15 is 0 Å². The minimum absolute atomic E-state index is 0.243. The number of hydrogen-bond acceptors (Lipinski definition) is 2. The molecule has 1 atom stereocenters. The van der Waals surface area contributed by atoms with Crippen LogP contribution in [0.3, 0.4) is 0 Å². The Labute approximate surface area is 138 Å². The summed E-state index contributed by atoms with van der Waals surface area (Å²) in [6.07, 6.45) is 6.66. The molecule has 0 saturated carbocycles. The number of halogens is 1. The standard InChI is InChI=1S/C17H25FN2O2S/c18-16-9-7-8-15(14-16)17-10-3-6-13-20(17)23(21,22)19-11-4-1-2-5-12-19/h7-9,14,17H,1-6,10-13H2. The van der Waals surface area contributed by atoms with Crippen LogP contribution in [0.25, 0.3) is 0 Å². The SMILES string of the molecule is O=S(=O)(N1CCCCCC1)N1CCCCC1c1cccc(F)c1. The summed E-state index contributed by atoms with van der Waals surface area (Å²) in [7, 11) is -3.47. The topological polar surface area (TPSA) is 40.6 Å². The highest BCUT2D eigenvalue weighted by Gasteiger charge is 2.37. The Hall–Kier alpha value is -0.980. The zero-order valence-corrected chi connectivity index (χ0v) is 14.3. The largest absolute Gasteiger partial charge is 0.282 e. The minimum Gasteiger partial charge on any atom is -0.207 e. The molecule has 2 heterocycles. The molecular weight excluding hydrogens is 315 g/mol. The maximum absolute atomic E-state index is 13.6. The van der Waals surface area contributed by atoms with E-state index in [1.807, 2.05) is 6.07 Å². The second kappa shape index (κ2) is 7.28. The van der Waals surface area contributed by atoms with Gasteiger partial charge < -0.3 is 0 Å². The first-order chi connectivity index (χ1) is 11.1. The molecule has 6 heteroatoms. The zero-order valence-electron chi connectivity index (χ0n) is 13.5. The van der Waals surface area contributed by atoms with E-state index in [9.17, 15) is 12.8 Å². The molecule has 0 radical (unpaired) electrons. The van der Waals surface area contributed by atoms with Gasteiger partial charge in [-0.05, 0) is 43.4 Å². The Morgan fingerprint density at radius 2 is 1.65 bits per heavy atom. The first-order valence-electron chi connectivity index (χ1n) is 8.61. The molecule has 4 nitrogen and oxygen atoms in total. The van der Waals surface area contributed by atoms with Crippen molar-refractivity contribution in [2.24, 2.45) is 0 Å². The normalized spacial score (nSPS) is 25.2. The van der Waals surface area contributed by atoms with Gasteiger partial charge in [-0.15, -0.1) is 0 Å². The van der Waals surface area contributed by atoms with Crippen LogP contribution >= 0.6 is 0 Å². The molecule has 2 aliphatic heterocycles. The second-order valence-electron chi connectivity index (χ2n) is 6.50. The molecule has 0 spiro atoms. The smallest absolute Gasteiger partial charge is 0.207 e. The third-order valence-corrected chi connectivity index (χ3v) is 6.92. The van der Waals surface area contributed by atoms with Crippen molar-refractivity contribution >= 4 is 10.2 Å². The van der Waals surface area contributed by atoms with Crippen molar-refractivity contribution in [2.75, 3.05) is 19.6 Å². The third kappa shape index (κ3) is 3.75. The fraction of sp³-hybridized carbons (Fsp3) is 0.647. The molecule has 0 aliphatic carbocycles.